The molecule has 2 atom stereocenters. The highest BCUT2D eigenvalue weighted by molar-refractivity contribution is 5.73. The number of carbonyl (C=O) groups excluding carboxylic acids is 1. The fourth-order valence-corrected chi connectivity index (χ4v) is 1.61. The van der Waals surface area contributed by atoms with Crippen molar-refractivity contribution in [3.8, 4) is 0 Å². The zero-order chi connectivity index (χ0) is 15.5. The molecule has 7 heteroatoms. The van der Waals surface area contributed by atoms with E-state index in [0.29, 0.717) is 6.07 Å². The first kappa shape index (κ1) is 16.3. The lowest BCUT2D eigenvalue weighted by molar-refractivity contribution is -0.145. The topological polar surface area (TPSA) is 38.3 Å². The molecule has 1 aromatic carbocycles. The van der Waals surface area contributed by atoms with Gasteiger partial charge in [0.2, 0.25) is 0 Å². The van der Waals surface area contributed by atoms with E-state index in [4.69, 9.17) is 0 Å². The summed E-state index contributed by atoms with van der Waals surface area (Å²) in [5, 5.41) is 2.73. The Balaban J connectivity index is 2.91. The predicted molar refractivity (Wildman–Crippen MR) is 65.7 cm³/mol. The van der Waals surface area contributed by atoms with E-state index >= 15 is 0 Å². The molecular weight excluding hydrogens is 278 g/mol. The second-order valence-corrected chi connectivity index (χ2v) is 4.44. The summed E-state index contributed by atoms with van der Waals surface area (Å²) in [6, 6.07) is 2.13. The van der Waals surface area contributed by atoms with Crippen LogP contribution in [0.25, 0.3) is 0 Å². The number of esters is 1. The normalized spacial score (nSPS) is 14.6. The van der Waals surface area contributed by atoms with Crippen LogP contribution in [0.3, 0.4) is 0 Å². The quantitative estimate of drug-likeness (QED) is 0.682. The van der Waals surface area contributed by atoms with Crippen LogP contribution >= 0.6 is 0 Å². The highest BCUT2D eigenvalue weighted by atomic mass is 19.4. The number of anilines is 1. The fourth-order valence-electron chi connectivity index (χ4n) is 1.61. The van der Waals surface area contributed by atoms with Gasteiger partial charge in [-0.15, -0.1) is 0 Å². The average molecular weight is 293 g/mol. The van der Waals surface area contributed by atoms with Crippen LogP contribution in [0, 0.1) is 11.7 Å². The zero-order valence-electron chi connectivity index (χ0n) is 11.2. The maximum atomic E-state index is 13.1. The third kappa shape index (κ3) is 3.85. The van der Waals surface area contributed by atoms with Gasteiger partial charge >= 0.3 is 12.1 Å². The molecule has 0 aliphatic carbocycles. The second-order valence-electron chi connectivity index (χ2n) is 4.44. The summed E-state index contributed by atoms with van der Waals surface area (Å²) in [7, 11) is 1.23. The molecular formula is C13H15F4NO2. The Kier molecular flexibility index (Phi) is 4.97. The number of hydrogen-bond acceptors (Lipinski definition) is 3. The van der Waals surface area contributed by atoms with Gasteiger partial charge < -0.3 is 10.1 Å². The van der Waals surface area contributed by atoms with Crippen LogP contribution in [0.5, 0.6) is 0 Å². The molecule has 0 aliphatic heterocycles. The van der Waals surface area contributed by atoms with Gasteiger partial charge in [-0.25, -0.2) is 4.39 Å². The SMILES string of the molecule is COC(=O)C(C)C(C)Nc1ccc(F)c(C(F)(F)F)c1. The van der Waals surface area contributed by atoms with E-state index in [0.717, 1.165) is 6.07 Å². The Labute approximate surface area is 113 Å². The molecule has 0 heterocycles. The highest BCUT2D eigenvalue weighted by Crippen LogP contribution is 2.33. The molecule has 0 amide bonds. The van der Waals surface area contributed by atoms with Crippen LogP contribution in [0.2, 0.25) is 0 Å². The summed E-state index contributed by atoms with van der Waals surface area (Å²) in [5.41, 5.74) is -1.26. The van der Waals surface area contributed by atoms with Gasteiger partial charge in [0.15, 0.2) is 0 Å². The van der Waals surface area contributed by atoms with E-state index in [1.165, 1.54) is 13.2 Å². The Hall–Kier alpha value is -1.79. The van der Waals surface area contributed by atoms with Gasteiger partial charge in [0.25, 0.3) is 0 Å². The number of rotatable bonds is 4. The number of nitrogens with one attached hydrogen (secondary N) is 1. The lowest BCUT2D eigenvalue weighted by atomic mass is 10.0. The standard InChI is InChI=1S/C13H15F4NO2/c1-7(12(19)20-3)8(2)18-9-4-5-11(14)10(6-9)13(15,16)17/h4-8,18H,1-3H3. The molecule has 20 heavy (non-hydrogen) atoms. The van der Waals surface area contributed by atoms with Gasteiger partial charge in [0, 0.05) is 11.7 Å². The largest absolute Gasteiger partial charge is 0.469 e. The van der Waals surface area contributed by atoms with Crippen molar-refractivity contribution >= 4 is 11.7 Å². The van der Waals surface area contributed by atoms with Crippen molar-refractivity contribution in [1.82, 2.24) is 0 Å². The van der Waals surface area contributed by atoms with Crippen molar-refractivity contribution < 1.29 is 27.1 Å². The lowest BCUT2D eigenvalue weighted by Gasteiger charge is -2.21. The summed E-state index contributed by atoms with van der Waals surface area (Å²) in [6.45, 7) is 3.20. The van der Waals surface area contributed by atoms with Gasteiger partial charge in [-0.1, -0.05) is 0 Å². The summed E-state index contributed by atoms with van der Waals surface area (Å²) in [5.74, 6) is -2.38. The molecule has 2 unspecified atom stereocenters. The summed E-state index contributed by atoms with van der Waals surface area (Å²) in [6.07, 6.45) is -4.76. The van der Waals surface area contributed by atoms with Crippen LogP contribution < -0.4 is 5.32 Å². The molecule has 0 radical (unpaired) electrons. The number of carbonyl (C=O) groups is 1. The Morgan fingerprint density at radius 2 is 1.90 bits per heavy atom. The van der Waals surface area contributed by atoms with E-state index in [1.807, 2.05) is 0 Å². The summed E-state index contributed by atoms with van der Waals surface area (Å²) in [4.78, 5) is 11.3. The molecule has 3 nitrogen and oxygen atoms in total. The molecule has 0 aromatic heterocycles. The van der Waals surface area contributed by atoms with Crippen LogP contribution in [0.1, 0.15) is 19.4 Å². The third-order valence-corrected chi connectivity index (χ3v) is 2.99. The van der Waals surface area contributed by atoms with E-state index in [1.54, 1.807) is 13.8 Å². The lowest BCUT2D eigenvalue weighted by Crippen LogP contribution is -2.30. The zero-order valence-corrected chi connectivity index (χ0v) is 11.2. The van der Waals surface area contributed by atoms with Gasteiger partial charge in [0.1, 0.15) is 5.82 Å². The number of hydrogen-bond donors (Lipinski definition) is 1. The van der Waals surface area contributed by atoms with E-state index in [2.05, 4.69) is 10.1 Å². The number of alkyl halides is 3. The van der Waals surface area contributed by atoms with Crippen LogP contribution in [0.15, 0.2) is 18.2 Å². The van der Waals surface area contributed by atoms with Crippen molar-refractivity contribution in [3.05, 3.63) is 29.6 Å². The van der Waals surface area contributed by atoms with Crippen LogP contribution in [-0.2, 0) is 15.7 Å². The molecule has 1 N–H and O–H groups in total. The predicted octanol–water partition coefficient (Wildman–Crippen LogP) is 3.45. The average Bonchev–Trinajstić information content (AvgIpc) is 2.37. The van der Waals surface area contributed by atoms with Crippen molar-refractivity contribution in [2.45, 2.75) is 26.1 Å². The van der Waals surface area contributed by atoms with Gasteiger partial charge in [-0.3, -0.25) is 4.79 Å². The molecule has 1 aromatic rings. The molecule has 0 saturated carbocycles. The summed E-state index contributed by atoms with van der Waals surface area (Å²) >= 11 is 0. The minimum atomic E-state index is -4.76. The number of methoxy groups -OCH3 is 1. The number of ether oxygens (including phenoxy) is 1. The fraction of sp³-hybridized carbons (Fsp3) is 0.462. The minimum absolute atomic E-state index is 0.0852. The van der Waals surface area contributed by atoms with Gasteiger partial charge in [-0.05, 0) is 32.0 Å². The first-order valence-electron chi connectivity index (χ1n) is 5.88. The van der Waals surface area contributed by atoms with Crippen molar-refractivity contribution in [2.75, 3.05) is 12.4 Å². The van der Waals surface area contributed by atoms with Crippen LogP contribution in [0.4, 0.5) is 23.2 Å². The molecule has 0 fully saturated rings. The van der Waals surface area contributed by atoms with Crippen LogP contribution in [-0.4, -0.2) is 19.1 Å². The van der Waals surface area contributed by atoms with E-state index < -0.39 is 35.5 Å². The monoisotopic (exact) mass is 293 g/mol. The van der Waals surface area contributed by atoms with Gasteiger partial charge in [-0.2, -0.15) is 13.2 Å². The second kappa shape index (κ2) is 6.11. The molecule has 0 aliphatic rings. The maximum Gasteiger partial charge on any atom is 0.419 e. The number of halogens is 4. The number of benzene rings is 1. The highest BCUT2D eigenvalue weighted by Gasteiger charge is 2.34. The first-order valence-corrected chi connectivity index (χ1v) is 5.88. The first-order chi connectivity index (χ1) is 9.16. The third-order valence-electron chi connectivity index (χ3n) is 2.99. The molecule has 0 bridgehead atoms. The molecule has 0 spiro atoms. The van der Waals surface area contributed by atoms with E-state index in [-0.39, 0.29) is 5.69 Å². The maximum absolute atomic E-state index is 13.1. The molecule has 112 valence electrons. The van der Waals surface area contributed by atoms with Crippen molar-refractivity contribution in [3.63, 3.8) is 0 Å². The van der Waals surface area contributed by atoms with E-state index in [9.17, 15) is 22.4 Å². The van der Waals surface area contributed by atoms with Crippen molar-refractivity contribution in [1.29, 1.82) is 0 Å². The Morgan fingerprint density at radius 1 is 1.30 bits per heavy atom. The molecule has 0 saturated heterocycles. The smallest absolute Gasteiger partial charge is 0.419 e. The summed E-state index contributed by atoms with van der Waals surface area (Å²) < 4.78 is 55.4. The van der Waals surface area contributed by atoms with Crippen molar-refractivity contribution in [2.24, 2.45) is 5.92 Å². The van der Waals surface area contributed by atoms with Gasteiger partial charge in [0.05, 0.1) is 18.6 Å². The Bertz CT molecular complexity index is 488. The molecule has 1 rings (SSSR count). The minimum Gasteiger partial charge on any atom is -0.469 e. The Morgan fingerprint density at radius 3 is 2.40 bits per heavy atom.